The maximum atomic E-state index is 13.2. The second kappa shape index (κ2) is 6.79. The summed E-state index contributed by atoms with van der Waals surface area (Å²) < 4.78 is 1.94. The fourth-order valence-electron chi connectivity index (χ4n) is 5.68. The van der Waals surface area contributed by atoms with Gasteiger partial charge in [0.05, 0.1) is 6.04 Å². The molecule has 142 valence electrons. The van der Waals surface area contributed by atoms with Crippen LogP contribution in [-0.4, -0.2) is 57.2 Å². The van der Waals surface area contributed by atoms with Gasteiger partial charge in [-0.1, -0.05) is 30.3 Å². The maximum absolute atomic E-state index is 13.2. The fraction of sp³-hybridized carbons (Fsp3) is 0.545. The number of nitrogens with zero attached hydrogens (tertiary/aromatic N) is 4. The van der Waals surface area contributed by atoms with Gasteiger partial charge in [0, 0.05) is 43.4 Å². The highest BCUT2D eigenvalue weighted by Crippen LogP contribution is 2.46. The number of carbonyl (C=O) groups excluding carboxylic acids is 1. The van der Waals surface area contributed by atoms with E-state index >= 15 is 0 Å². The molecular weight excluding hydrogens is 336 g/mol. The molecule has 0 saturated carbocycles. The van der Waals surface area contributed by atoms with Gasteiger partial charge in [0.2, 0.25) is 5.91 Å². The third-order valence-electron chi connectivity index (χ3n) is 7.01. The highest BCUT2D eigenvalue weighted by atomic mass is 16.2. The van der Waals surface area contributed by atoms with Crippen LogP contribution in [0, 0.1) is 12.8 Å². The lowest BCUT2D eigenvalue weighted by atomic mass is 9.75. The molecule has 0 radical (unpaired) electrons. The highest BCUT2D eigenvalue weighted by molar-refractivity contribution is 5.77. The minimum atomic E-state index is 0.298. The van der Waals surface area contributed by atoms with Gasteiger partial charge in [-0.15, -0.1) is 0 Å². The molecule has 6 rings (SSSR count). The zero-order chi connectivity index (χ0) is 18.4. The summed E-state index contributed by atoms with van der Waals surface area (Å²) in [6.45, 7) is 5.98. The topological polar surface area (TPSA) is 41.4 Å². The summed E-state index contributed by atoms with van der Waals surface area (Å²) in [7, 11) is 0. The van der Waals surface area contributed by atoms with Crippen LogP contribution >= 0.6 is 0 Å². The van der Waals surface area contributed by atoms with Gasteiger partial charge in [-0.3, -0.25) is 14.4 Å². The molecule has 5 nitrogen and oxygen atoms in total. The lowest BCUT2D eigenvalue weighted by molar-refractivity contribution is -0.136. The lowest BCUT2D eigenvalue weighted by Gasteiger charge is -2.51. The van der Waals surface area contributed by atoms with E-state index in [0.717, 1.165) is 12.2 Å². The second-order valence-electron chi connectivity index (χ2n) is 8.36. The molecule has 4 aliphatic heterocycles. The Morgan fingerprint density at radius 3 is 2.59 bits per heavy atom. The van der Waals surface area contributed by atoms with Crippen molar-refractivity contribution < 1.29 is 4.79 Å². The van der Waals surface area contributed by atoms with E-state index in [1.54, 1.807) is 0 Å². The third-order valence-corrected chi connectivity index (χ3v) is 7.01. The normalized spacial score (nSPS) is 31.9. The van der Waals surface area contributed by atoms with E-state index in [0.29, 0.717) is 42.8 Å². The van der Waals surface area contributed by atoms with Crippen molar-refractivity contribution in [1.29, 1.82) is 0 Å². The first-order valence-corrected chi connectivity index (χ1v) is 10.3. The summed E-state index contributed by atoms with van der Waals surface area (Å²) >= 11 is 0. The molecule has 0 aliphatic carbocycles. The van der Waals surface area contributed by atoms with Crippen LogP contribution in [0.3, 0.4) is 0 Å². The monoisotopic (exact) mass is 364 g/mol. The van der Waals surface area contributed by atoms with Crippen LogP contribution in [-0.2, 0) is 11.3 Å². The van der Waals surface area contributed by atoms with E-state index in [-0.39, 0.29) is 0 Å². The zero-order valence-electron chi connectivity index (χ0n) is 16.0. The Kier molecular flexibility index (Phi) is 4.27. The van der Waals surface area contributed by atoms with Crippen LogP contribution in [0.25, 0.3) is 0 Å². The van der Waals surface area contributed by atoms with Crippen molar-refractivity contribution in [2.45, 2.75) is 50.7 Å². The molecular formula is C22H28N4O. The van der Waals surface area contributed by atoms with Crippen LogP contribution in [0.5, 0.6) is 0 Å². The highest BCUT2D eigenvalue weighted by Gasteiger charge is 2.54. The molecule has 3 atom stereocenters. The Labute approximate surface area is 161 Å². The maximum Gasteiger partial charge on any atom is 0.224 e. The van der Waals surface area contributed by atoms with Gasteiger partial charge in [-0.2, -0.15) is 5.10 Å². The van der Waals surface area contributed by atoms with Crippen molar-refractivity contribution in [3.63, 3.8) is 0 Å². The minimum Gasteiger partial charge on any atom is -0.337 e. The second-order valence-corrected chi connectivity index (χ2v) is 8.36. The number of benzene rings is 1. The molecule has 0 unspecified atom stereocenters. The van der Waals surface area contributed by atoms with Gasteiger partial charge in [0.25, 0.3) is 0 Å². The summed E-state index contributed by atoms with van der Waals surface area (Å²) in [5.74, 6) is 1.41. The quantitative estimate of drug-likeness (QED) is 0.838. The first kappa shape index (κ1) is 17.0. The molecule has 1 aromatic heterocycles. The van der Waals surface area contributed by atoms with Crippen LogP contribution < -0.4 is 0 Å². The molecule has 1 aromatic carbocycles. The number of piperidine rings is 3. The summed E-state index contributed by atoms with van der Waals surface area (Å²) in [6.07, 6.45) is 4.83. The van der Waals surface area contributed by atoms with Crippen molar-refractivity contribution in [2.24, 2.45) is 5.92 Å². The van der Waals surface area contributed by atoms with Crippen molar-refractivity contribution >= 4 is 5.91 Å². The van der Waals surface area contributed by atoms with E-state index in [4.69, 9.17) is 0 Å². The lowest BCUT2D eigenvalue weighted by Crippen LogP contribution is -2.60. The SMILES string of the molecule is Cc1ccnn1CCC(=O)N1C[C@@H](c2ccccc2)[C@@H]2[C@H]1C1CCN2CC1. The summed E-state index contributed by atoms with van der Waals surface area (Å²) in [6, 6.07) is 13.7. The molecule has 27 heavy (non-hydrogen) atoms. The molecule has 5 heterocycles. The number of amides is 1. The van der Waals surface area contributed by atoms with E-state index in [1.807, 2.05) is 23.9 Å². The van der Waals surface area contributed by atoms with Gasteiger partial charge in [0.15, 0.2) is 0 Å². The molecule has 2 bridgehead atoms. The fourth-order valence-corrected chi connectivity index (χ4v) is 5.68. The van der Waals surface area contributed by atoms with E-state index in [9.17, 15) is 4.79 Å². The number of hydrogen-bond acceptors (Lipinski definition) is 3. The molecule has 4 saturated heterocycles. The number of aromatic nitrogens is 2. The summed E-state index contributed by atoms with van der Waals surface area (Å²) in [4.78, 5) is 18.1. The predicted molar refractivity (Wildman–Crippen MR) is 104 cm³/mol. The number of carbonyl (C=O) groups is 1. The predicted octanol–water partition coefficient (Wildman–Crippen LogP) is 2.67. The number of hydrogen-bond donors (Lipinski definition) is 0. The van der Waals surface area contributed by atoms with Gasteiger partial charge in [-0.05, 0) is 50.4 Å². The Bertz CT molecular complexity index is 809. The molecule has 1 amide bonds. The molecule has 0 N–H and O–H groups in total. The Morgan fingerprint density at radius 2 is 1.89 bits per heavy atom. The van der Waals surface area contributed by atoms with Gasteiger partial charge >= 0.3 is 0 Å². The minimum absolute atomic E-state index is 0.298. The standard InChI is InChI=1S/C22H28N4O/c1-16-7-11-23-26(16)14-10-20(27)25-15-19(17-5-3-2-4-6-17)22-21(25)18-8-12-24(22)13-9-18/h2-7,11,18-19,21-22H,8-10,12-15H2,1H3/t19-,21+,22+/m0/s1. The molecule has 4 aliphatic rings. The van der Waals surface area contributed by atoms with E-state index < -0.39 is 0 Å². The average molecular weight is 364 g/mol. The molecule has 4 fully saturated rings. The van der Waals surface area contributed by atoms with E-state index in [1.165, 1.54) is 31.5 Å². The Balaban J connectivity index is 1.39. The van der Waals surface area contributed by atoms with Gasteiger partial charge in [-0.25, -0.2) is 0 Å². The number of aryl methyl sites for hydroxylation is 2. The zero-order valence-corrected chi connectivity index (χ0v) is 16.0. The largest absolute Gasteiger partial charge is 0.337 e. The van der Waals surface area contributed by atoms with Crippen LogP contribution in [0.1, 0.15) is 36.4 Å². The van der Waals surface area contributed by atoms with E-state index in [2.05, 4.69) is 45.2 Å². The summed E-state index contributed by atoms with van der Waals surface area (Å²) in [5.41, 5.74) is 2.50. The first-order valence-electron chi connectivity index (χ1n) is 10.3. The molecule has 0 spiro atoms. The first-order chi connectivity index (χ1) is 13.2. The van der Waals surface area contributed by atoms with Crippen molar-refractivity contribution in [1.82, 2.24) is 19.6 Å². The summed E-state index contributed by atoms with van der Waals surface area (Å²) in [5, 5.41) is 4.33. The number of likely N-dealkylation sites (tertiary alicyclic amines) is 1. The van der Waals surface area contributed by atoms with Crippen LogP contribution in [0.2, 0.25) is 0 Å². The van der Waals surface area contributed by atoms with Crippen LogP contribution in [0.4, 0.5) is 0 Å². The molecule has 2 aromatic rings. The molecule has 5 heteroatoms. The number of fused-ring (bicyclic) bond motifs is 2. The van der Waals surface area contributed by atoms with Crippen molar-refractivity contribution in [3.05, 3.63) is 53.9 Å². The third kappa shape index (κ3) is 2.89. The Hall–Kier alpha value is -2.14. The van der Waals surface area contributed by atoms with Crippen molar-refractivity contribution in [3.8, 4) is 0 Å². The average Bonchev–Trinajstić information content (AvgIpc) is 3.33. The van der Waals surface area contributed by atoms with Crippen LogP contribution in [0.15, 0.2) is 42.6 Å². The number of rotatable bonds is 4. The Morgan fingerprint density at radius 1 is 1.11 bits per heavy atom. The smallest absolute Gasteiger partial charge is 0.224 e. The van der Waals surface area contributed by atoms with Gasteiger partial charge < -0.3 is 4.90 Å². The van der Waals surface area contributed by atoms with Gasteiger partial charge in [0.1, 0.15) is 0 Å². The van der Waals surface area contributed by atoms with Crippen molar-refractivity contribution in [2.75, 3.05) is 19.6 Å².